The first-order valence-electron chi connectivity index (χ1n) is 5.34. The van der Waals surface area contributed by atoms with Crippen molar-refractivity contribution in [3.8, 4) is 0 Å². The van der Waals surface area contributed by atoms with Gasteiger partial charge in [0.05, 0.1) is 0 Å². The summed E-state index contributed by atoms with van der Waals surface area (Å²) in [5.74, 6) is 0.668. The molecule has 15 heavy (non-hydrogen) atoms. The normalized spacial score (nSPS) is 18.1. The number of benzene rings is 1. The Labute approximate surface area is 104 Å². The standard InChI is InChI=1S/C12H15BrClN/c1-8-11(6-10(13)7-12(8)14)9-2-4-15-5-3-9/h6-7,9,15H,2-5H2,1H3. The van der Waals surface area contributed by atoms with Crippen LogP contribution in [0.3, 0.4) is 0 Å². The molecule has 0 amide bonds. The zero-order valence-electron chi connectivity index (χ0n) is 8.82. The summed E-state index contributed by atoms with van der Waals surface area (Å²) in [6, 6.07) is 4.19. The maximum Gasteiger partial charge on any atom is 0.0449 e. The molecule has 1 aliphatic rings. The van der Waals surface area contributed by atoms with E-state index in [9.17, 15) is 0 Å². The molecule has 0 spiro atoms. The largest absolute Gasteiger partial charge is 0.317 e. The summed E-state index contributed by atoms with van der Waals surface area (Å²) in [4.78, 5) is 0. The Morgan fingerprint density at radius 1 is 1.33 bits per heavy atom. The van der Waals surface area contributed by atoms with Gasteiger partial charge < -0.3 is 5.32 Å². The highest BCUT2D eigenvalue weighted by molar-refractivity contribution is 9.10. The molecule has 1 fully saturated rings. The highest BCUT2D eigenvalue weighted by atomic mass is 79.9. The quantitative estimate of drug-likeness (QED) is 0.827. The van der Waals surface area contributed by atoms with E-state index in [1.54, 1.807) is 0 Å². The third kappa shape index (κ3) is 2.55. The SMILES string of the molecule is Cc1c(Cl)cc(Br)cc1C1CCNCC1. The lowest BCUT2D eigenvalue weighted by Crippen LogP contribution is -2.27. The lowest BCUT2D eigenvalue weighted by molar-refractivity contribution is 0.459. The third-order valence-electron chi connectivity index (χ3n) is 3.13. The van der Waals surface area contributed by atoms with E-state index >= 15 is 0 Å². The highest BCUT2D eigenvalue weighted by Gasteiger charge is 2.18. The minimum Gasteiger partial charge on any atom is -0.317 e. The van der Waals surface area contributed by atoms with Gasteiger partial charge in [-0.3, -0.25) is 0 Å². The molecule has 1 saturated heterocycles. The molecule has 0 radical (unpaired) electrons. The molecular formula is C12H15BrClN. The fourth-order valence-corrected chi connectivity index (χ4v) is 3.06. The van der Waals surface area contributed by atoms with Gasteiger partial charge in [0.2, 0.25) is 0 Å². The van der Waals surface area contributed by atoms with Crippen molar-refractivity contribution in [3.63, 3.8) is 0 Å². The van der Waals surface area contributed by atoms with Crippen molar-refractivity contribution in [3.05, 3.63) is 32.8 Å². The minimum atomic E-state index is 0.668. The number of piperidine rings is 1. The number of rotatable bonds is 1. The Hall–Kier alpha value is -0.0500. The van der Waals surface area contributed by atoms with E-state index in [0.717, 1.165) is 22.6 Å². The van der Waals surface area contributed by atoms with E-state index in [0.29, 0.717) is 5.92 Å². The maximum atomic E-state index is 6.19. The van der Waals surface area contributed by atoms with E-state index in [1.165, 1.54) is 24.0 Å². The topological polar surface area (TPSA) is 12.0 Å². The fourth-order valence-electron chi connectivity index (χ4n) is 2.22. The molecule has 1 aliphatic heterocycles. The van der Waals surface area contributed by atoms with Crippen LogP contribution in [0.4, 0.5) is 0 Å². The molecule has 0 aromatic heterocycles. The van der Waals surface area contributed by atoms with Crippen molar-refractivity contribution in [2.75, 3.05) is 13.1 Å². The molecule has 1 heterocycles. The van der Waals surface area contributed by atoms with Crippen LogP contribution < -0.4 is 5.32 Å². The van der Waals surface area contributed by atoms with Gasteiger partial charge in [0.25, 0.3) is 0 Å². The van der Waals surface area contributed by atoms with Crippen molar-refractivity contribution in [1.29, 1.82) is 0 Å². The molecule has 0 unspecified atom stereocenters. The second kappa shape index (κ2) is 4.86. The van der Waals surface area contributed by atoms with Crippen LogP contribution in [0, 0.1) is 6.92 Å². The van der Waals surface area contributed by atoms with Crippen LogP contribution in [-0.4, -0.2) is 13.1 Å². The van der Waals surface area contributed by atoms with Crippen molar-refractivity contribution in [2.45, 2.75) is 25.7 Å². The summed E-state index contributed by atoms with van der Waals surface area (Å²) in [7, 11) is 0. The monoisotopic (exact) mass is 287 g/mol. The van der Waals surface area contributed by atoms with Crippen LogP contribution in [-0.2, 0) is 0 Å². The van der Waals surface area contributed by atoms with E-state index in [2.05, 4.69) is 34.2 Å². The maximum absolute atomic E-state index is 6.19. The Bertz CT molecular complexity index is 359. The fraction of sp³-hybridized carbons (Fsp3) is 0.500. The summed E-state index contributed by atoms with van der Waals surface area (Å²) < 4.78 is 1.09. The van der Waals surface area contributed by atoms with Crippen LogP contribution >= 0.6 is 27.5 Å². The lowest BCUT2D eigenvalue weighted by atomic mass is 9.87. The van der Waals surface area contributed by atoms with Crippen molar-refractivity contribution >= 4 is 27.5 Å². The summed E-state index contributed by atoms with van der Waals surface area (Å²) >= 11 is 9.71. The first-order chi connectivity index (χ1) is 7.18. The molecule has 2 rings (SSSR count). The average Bonchev–Trinajstić information content (AvgIpc) is 2.24. The molecule has 1 aromatic carbocycles. The second-order valence-corrected chi connectivity index (χ2v) is 5.45. The molecule has 82 valence electrons. The zero-order chi connectivity index (χ0) is 10.8. The van der Waals surface area contributed by atoms with Gasteiger partial charge in [0, 0.05) is 9.50 Å². The highest BCUT2D eigenvalue weighted by Crippen LogP contribution is 2.33. The van der Waals surface area contributed by atoms with Gasteiger partial charge in [-0.1, -0.05) is 27.5 Å². The average molecular weight is 289 g/mol. The van der Waals surface area contributed by atoms with E-state index in [4.69, 9.17) is 11.6 Å². The van der Waals surface area contributed by atoms with Crippen LogP contribution in [0.15, 0.2) is 16.6 Å². The molecule has 1 nitrogen and oxygen atoms in total. The van der Waals surface area contributed by atoms with Gasteiger partial charge in [-0.25, -0.2) is 0 Å². The molecule has 3 heteroatoms. The number of nitrogens with one attached hydrogen (secondary N) is 1. The van der Waals surface area contributed by atoms with Gasteiger partial charge >= 0.3 is 0 Å². The van der Waals surface area contributed by atoms with Crippen LogP contribution in [0.5, 0.6) is 0 Å². The minimum absolute atomic E-state index is 0.668. The Morgan fingerprint density at radius 2 is 2.00 bits per heavy atom. The Balaban J connectivity index is 2.33. The molecular weight excluding hydrogens is 273 g/mol. The van der Waals surface area contributed by atoms with Gasteiger partial charge in [-0.15, -0.1) is 0 Å². The summed E-state index contributed by atoms with van der Waals surface area (Å²) in [6.07, 6.45) is 2.43. The summed E-state index contributed by atoms with van der Waals surface area (Å²) in [5, 5.41) is 4.26. The third-order valence-corrected chi connectivity index (χ3v) is 3.98. The lowest BCUT2D eigenvalue weighted by Gasteiger charge is -2.25. The predicted molar refractivity (Wildman–Crippen MR) is 68.7 cm³/mol. The molecule has 0 atom stereocenters. The first kappa shape index (κ1) is 11.4. The number of halogens is 2. The van der Waals surface area contributed by atoms with Crippen LogP contribution in [0.2, 0.25) is 5.02 Å². The van der Waals surface area contributed by atoms with Crippen molar-refractivity contribution < 1.29 is 0 Å². The van der Waals surface area contributed by atoms with E-state index in [1.807, 2.05) is 6.07 Å². The van der Waals surface area contributed by atoms with Gasteiger partial charge in [-0.2, -0.15) is 0 Å². The molecule has 1 aromatic rings. The molecule has 0 aliphatic carbocycles. The van der Waals surface area contributed by atoms with Gasteiger partial charge in [0.15, 0.2) is 0 Å². The van der Waals surface area contributed by atoms with E-state index in [-0.39, 0.29) is 0 Å². The van der Waals surface area contributed by atoms with Crippen LogP contribution in [0.25, 0.3) is 0 Å². The Morgan fingerprint density at radius 3 is 2.67 bits per heavy atom. The van der Waals surface area contributed by atoms with Crippen molar-refractivity contribution in [2.24, 2.45) is 0 Å². The van der Waals surface area contributed by atoms with Gasteiger partial charge in [-0.05, 0) is 62.0 Å². The van der Waals surface area contributed by atoms with Crippen LogP contribution in [0.1, 0.15) is 29.9 Å². The second-order valence-electron chi connectivity index (χ2n) is 4.13. The summed E-state index contributed by atoms with van der Waals surface area (Å²) in [5.41, 5.74) is 2.66. The molecule has 1 N–H and O–H groups in total. The molecule has 0 bridgehead atoms. The summed E-state index contributed by atoms with van der Waals surface area (Å²) in [6.45, 7) is 4.36. The Kier molecular flexibility index (Phi) is 3.70. The number of hydrogen-bond donors (Lipinski definition) is 1. The first-order valence-corrected chi connectivity index (χ1v) is 6.52. The van der Waals surface area contributed by atoms with Gasteiger partial charge in [0.1, 0.15) is 0 Å². The number of hydrogen-bond acceptors (Lipinski definition) is 1. The molecule has 0 saturated carbocycles. The predicted octanol–water partition coefficient (Wildman–Crippen LogP) is 3.88. The smallest absolute Gasteiger partial charge is 0.0449 e. The van der Waals surface area contributed by atoms with E-state index < -0.39 is 0 Å². The zero-order valence-corrected chi connectivity index (χ0v) is 11.2. The van der Waals surface area contributed by atoms with Crippen molar-refractivity contribution in [1.82, 2.24) is 5.32 Å².